The quantitative estimate of drug-likeness (QED) is 0.623. The molecule has 1 aliphatic carbocycles. The summed E-state index contributed by atoms with van der Waals surface area (Å²) in [6, 6.07) is 0. The first kappa shape index (κ1) is 16.2. The Morgan fingerprint density at radius 2 is 1.70 bits per heavy atom. The van der Waals surface area contributed by atoms with Crippen molar-refractivity contribution in [3.63, 3.8) is 0 Å². The van der Waals surface area contributed by atoms with Crippen molar-refractivity contribution in [1.29, 1.82) is 0 Å². The molecule has 0 fully saturated rings. The van der Waals surface area contributed by atoms with Crippen LogP contribution < -0.4 is 0 Å². The minimum atomic E-state index is 0. The number of hydrogen-bond donors (Lipinski definition) is 0. The molecule has 0 saturated carbocycles. The normalized spacial score (nSPS) is 9.60. The Morgan fingerprint density at radius 1 is 1.20 bits per heavy atom. The van der Waals surface area contributed by atoms with Gasteiger partial charge in [0.1, 0.15) is 13.6 Å². The molecule has 1 radical (unpaired) electrons. The van der Waals surface area contributed by atoms with Crippen LogP contribution in [0.5, 0.6) is 0 Å². The fourth-order valence-electron chi connectivity index (χ4n) is 0.340. The molecule has 0 aromatic rings. The largest absolute Gasteiger partial charge is 1.00 e. The summed E-state index contributed by atoms with van der Waals surface area (Å²) in [6.45, 7) is 4.00. The molecule has 57 valence electrons. The van der Waals surface area contributed by atoms with Gasteiger partial charge in [0, 0.05) is 0 Å². The minimum absolute atomic E-state index is 0. The van der Waals surface area contributed by atoms with Gasteiger partial charge in [0.05, 0.1) is 0 Å². The Balaban J connectivity index is -0.0000000875. The maximum absolute atomic E-state index is 8.00. The van der Waals surface area contributed by atoms with Gasteiger partial charge in [0.25, 0.3) is 0 Å². The zero-order chi connectivity index (χ0) is 7.54. The molecule has 0 unspecified atom stereocenters. The summed E-state index contributed by atoms with van der Waals surface area (Å²) in [7, 11) is 0. The van der Waals surface area contributed by atoms with Gasteiger partial charge < -0.3 is 9.59 Å². The topological polar surface area (TPSA) is 34.1 Å². The molecule has 0 amide bonds. The predicted molar refractivity (Wildman–Crippen MR) is 35.8 cm³/mol. The van der Waals surface area contributed by atoms with Crippen LogP contribution in [0.25, 0.3) is 0 Å². The van der Waals surface area contributed by atoms with Crippen LogP contribution >= 0.6 is 0 Å². The molecule has 0 atom stereocenters. The van der Waals surface area contributed by atoms with Gasteiger partial charge in [0.15, 0.2) is 0 Å². The average Bonchev–Trinajstić information content (AvgIpc) is 2.51. The van der Waals surface area contributed by atoms with Crippen molar-refractivity contribution < 1.29 is 29.4 Å². The Morgan fingerprint density at radius 3 is 1.80 bits per heavy atom. The average molecular weight is 315 g/mol. The molecular formula is C7H9O2Os. The third-order valence-corrected chi connectivity index (χ3v) is 0.586. The summed E-state index contributed by atoms with van der Waals surface area (Å²) in [4.78, 5) is 16.0. The van der Waals surface area contributed by atoms with E-state index in [4.69, 9.17) is 9.59 Å². The van der Waals surface area contributed by atoms with Crippen LogP contribution in [-0.2, 0) is 29.4 Å². The van der Waals surface area contributed by atoms with E-state index >= 15 is 0 Å². The van der Waals surface area contributed by atoms with Crippen molar-refractivity contribution in [1.82, 2.24) is 0 Å². The first-order valence-electron chi connectivity index (χ1n) is 2.29. The Kier molecular flexibility index (Phi) is 38.4. The first-order valence-corrected chi connectivity index (χ1v) is 2.29. The number of carbonyl (C=O) groups excluding carboxylic acids is 2. The van der Waals surface area contributed by atoms with Gasteiger partial charge in [-0.25, -0.2) is 12.2 Å². The monoisotopic (exact) mass is 317 g/mol. The molecule has 10 heavy (non-hydrogen) atoms. The molecule has 0 heterocycles. The summed E-state index contributed by atoms with van der Waals surface area (Å²) in [5.41, 5.74) is 0. The van der Waals surface area contributed by atoms with E-state index in [2.05, 4.69) is 12.2 Å². The van der Waals surface area contributed by atoms with Gasteiger partial charge in [-0.2, -0.15) is 6.08 Å². The van der Waals surface area contributed by atoms with Gasteiger partial charge in [-0.15, -0.1) is 6.42 Å². The van der Waals surface area contributed by atoms with E-state index in [-0.39, 0.29) is 19.8 Å². The number of hydrogen-bond acceptors (Lipinski definition) is 2. The molecule has 0 N–H and O–H groups in total. The fourth-order valence-corrected chi connectivity index (χ4v) is 0.340. The number of carbonyl (C=O) groups is 2. The SMILES string of the molecule is C=O.C=O.[C-]1=CC=CC1.[Os+]. The van der Waals surface area contributed by atoms with E-state index in [0.29, 0.717) is 0 Å². The number of rotatable bonds is 0. The van der Waals surface area contributed by atoms with Gasteiger partial charge in [-0.05, 0) is 0 Å². The van der Waals surface area contributed by atoms with Crippen molar-refractivity contribution >= 4 is 13.6 Å². The van der Waals surface area contributed by atoms with Gasteiger partial charge in [-0.1, -0.05) is 0 Å². The zero-order valence-electron chi connectivity index (χ0n) is 5.52. The van der Waals surface area contributed by atoms with Gasteiger partial charge in [-0.3, -0.25) is 6.08 Å². The Labute approximate surface area is 74.1 Å². The molecule has 2 nitrogen and oxygen atoms in total. The molecule has 0 spiro atoms. The van der Waals surface area contributed by atoms with Crippen LogP contribution in [0.15, 0.2) is 18.2 Å². The molecule has 0 aliphatic heterocycles. The van der Waals surface area contributed by atoms with Crippen molar-refractivity contribution in [2.45, 2.75) is 6.42 Å². The summed E-state index contributed by atoms with van der Waals surface area (Å²) in [6.07, 6.45) is 10.0. The molecule has 0 aromatic heterocycles. The molecule has 1 rings (SSSR count). The third-order valence-electron chi connectivity index (χ3n) is 0.586. The molecule has 0 aromatic carbocycles. The van der Waals surface area contributed by atoms with Crippen LogP contribution in [0.2, 0.25) is 0 Å². The van der Waals surface area contributed by atoms with E-state index in [1.165, 1.54) is 0 Å². The summed E-state index contributed by atoms with van der Waals surface area (Å²) < 4.78 is 0. The van der Waals surface area contributed by atoms with Gasteiger partial charge in [0.2, 0.25) is 0 Å². The molecular weight excluding hydrogens is 306 g/mol. The Bertz CT molecular complexity index is 87.8. The first-order chi connectivity index (χ1) is 4.50. The maximum atomic E-state index is 8.00. The second kappa shape index (κ2) is 23.7. The summed E-state index contributed by atoms with van der Waals surface area (Å²) in [5, 5.41) is 0. The predicted octanol–water partition coefficient (Wildman–Crippen LogP) is 0.933. The Hall–Kier alpha value is -0.544. The van der Waals surface area contributed by atoms with Crippen molar-refractivity contribution in [3.05, 3.63) is 24.3 Å². The smallest absolute Gasteiger partial charge is 0.307 e. The molecule has 1 aliphatic rings. The van der Waals surface area contributed by atoms with E-state index in [0.717, 1.165) is 6.42 Å². The van der Waals surface area contributed by atoms with E-state index < -0.39 is 0 Å². The second-order valence-electron chi connectivity index (χ2n) is 1.00. The molecule has 3 heteroatoms. The summed E-state index contributed by atoms with van der Waals surface area (Å²) in [5.74, 6) is 0. The van der Waals surface area contributed by atoms with Crippen molar-refractivity contribution in [2.75, 3.05) is 0 Å². The third kappa shape index (κ3) is 15.7. The molecule has 0 saturated heterocycles. The van der Waals surface area contributed by atoms with Gasteiger partial charge >= 0.3 is 19.8 Å². The van der Waals surface area contributed by atoms with Crippen molar-refractivity contribution in [3.8, 4) is 0 Å². The van der Waals surface area contributed by atoms with E-state index in [1.54, 1.807) is 0 Å². The zero-order valence-corrected chi connectivity index (χ0v) is 8.06. The number of allylic oxidation sites excluding steroid dienone is 4. The minimum Gasteiger partial charge on any atom is -0.307 e. The summed E-state index contributed by atoms with van der Waals surface area (Å²) >= 11 is 0. The maximum Gasteiger partial charge on any atom is 1.00 e. The van der Waals surface area contributed by atoms with Crippen LogP contribution in [0.3, 0.4) is 0 Å². The molecule has 0 bridgehead atoms. The van der Waals surface area contributed by atoms with E-state index in [1.807, 2.05) is 25.7 Å². The van der Waals surface area contributed by atoms with Crippen LogP contribution in [0.1, 0.15) is 6.42 Å². The standard InChI is InChI=1S/C5H5.2CH2O.Os/c1-2-4-5-3-1;2*1-2;/h1-3H,4H2;2*1H2;/q-1;;;+1. The van der Waals surface area contributed by atoms with Crippen LogP contribution in [-0.4, -0.2) is 13.6 Å². The van der Waals surface area contributed by atoms with E-state index in [9.17, 15) is 0 Å². The second-order valence-corrected chi connectivity index (χ2v) is 1.00. The van der Waals surface area contributed by atoms with Crippen molar-refractivity contribution in [2.24, 2.45) is 0 Å². The van der Waals surface area contributed by atoms with Crippen LogP contribution in [0, 0.1) is 6.08 Å². The fraction of sp³-hybridized carbons (Fsp3) is 0.143. The van der Waals surface area contributed by atoms with Crippen LogP contribution in [0.4, 0.5) is 0 Å².